The van der Waals surface area contributed by atoms with Crippen LogP contribution < -0.4 is 10.6 Å². The highest BCUT2D eigenvalue weighted by Gasteiger charge is 2.18. The van der Waals surface area contributed by atoms with Crippen LogP contribution in [-0.4, -0.2) is 49.3 Å². The van der Waals surface area contributed by atoms with Crippen molar-refractivity contribution < 1.29 is 4.79 Å². The van der Waals surface area contributed by atoms with Gasteiger partial charge in [-0.1, -0.05) is 12.1 Å². The molecule has 2 rings (SSSR count). The Morgan fingerprint density at radius 3 is 3.05 bits per heavy atom. The van der Waals surface area contributed by atoms with Gasteiger partial charge in [0, 0.05) is 43.5 Å². The minimum Gasteiger partial charge on any atom is -0.325 e. The topological polar surface area (TPSA) is 44.4 Å². The summed E-state index contributed by atoms with van der Waals surface area (Å²) in [6.45, 7) is 6.08. The van der Waals surface area contributed by atoms with Gasteiger partial charge in [0.2, 0.25) is 5.91 Å². The number of hydrogen-bond donors (Lipinski definition) is 2. The zero-order valence-corrected chi connectivity index (χ0v) is 13.0. The molecule has 1 aliphatic rings. The van der Waals surface area contributed by atoms with Crippen molar-refractivity contribution >= 4 is 23.4 Å². The number of nitrogens with zero attached hydrogens (tertiary/aromatic N) is 1. The molecule has 20 heavy (non-hydrogen) atoms. The van der Waals surface area contributed by atoms with E-state index in [9.17, 15) is 4.79 Å². The summed E-state index contributed by atoms with van der Waals surface area (Å²) in [4.78, 5) is 15.5. The Kier molecular flexibility index (Phi) is 5.88. The standard InChI is InChI=1S/C15H23N3OS/c1-12-11-16-8-10-18(12)9-7-15(19)17-13-5-3-4-6-14(13)20-2/h3-6,12,16H,7-11H2,1-2H3,(H,17,19)/t12-/m1/s1. The highest BCUT2D eigenvalue weighted by atomic mass is 32.2. The Hall–Kier alpha value is -1.04. The van der Waals surface area contributed by atoms with Gasteiger partial charge in [0.15, 0.2) is 0 Å². The van der Waals surface area contributed by atoms with Crippen LogP contribution in [0.2, 0.25) is 0 Å². The minimum absolute atomic E-state index is 0.0947. The van der Waals surface area contributed by atoms with Crippen LogP contribution in [0.3, 0.4) is 0 Å². The molecule has 0 spiro atoms. The first-order chi connectivity index (χ1) is 9.70. The molecule has 1 aliphatic heterocycles. The number of hydrogen-bond acceptors (Lipinski definition) is 4. The number of thioether (sulfide) groups is 1. The van der Waals surface area contributed by atoms with Gasteiger partial charge >= 0.3 is 0 Å². The highest BCUT2D eigenvalue weighted by Crippen LogP contribution is 2.24. The van der Waals surface area contributed by atoms with Crippen LogP contribution >= 0.6 is 11.8 Å². The molecule has 1 fully saturated rings. The van der Waals surface area contributed by atoms with E-state index in [-0.39, 0.29) is 5.91 Å². The number of amides is 1. The fourth-order valence-corrected chi connectivity index (χ4v) is 2.97. The molecular weight excluding hydrogens is 270 g/mol. The summed E-state index contributed by atoms with van der Waals surface area (Å²) in [6.07, 6.45) is 2.57. The molecule has 0 aliphatic carbocycles. The SMILES string of the molecule is CSc1ccccc1NC(=O)CCN1CCNC[C@H]1C. The van der Waals surface area contributed by atoms with Gasteiger partial charge in [-0.25, -0.2) is 0 Å². The van der Waals surface area contributed by atoms with Crippen LogP contribution in [0.5, 0.6) is 0 Å². The fraction of sp³-hybridized carbons (Fsp3) is 0.533. The molecule has 4 nitrogen and oxygen atoms in total. The third kappa shape index (κ3) is 4.23. The Balaban J connectivity index is 1.83. The molecule has 1 aromatic rings. The Morgan fingerprint density at radius 1 is 1.50 bits per heavy atom. The van der Waals surface area contributed by atoms with Crippen molar-refractivity contribution in [3.63, 3.8) is 0 Å². The lowest BCUT2D eigenvalue weighted by Crippen LogP contribution is -2.50. The maximum absolute atomic E-state index is 12.1. The first-order valence-corrected chi connectivity index (χ1v) is 8.31. The number of carbonyl (C=O) groups excluding carboxylic acids is 1. The second kappa shape index (κ2) is 7.67. The lowest BCUT2D eigenvalue weighted by atomic mass is 10.2. The summed E-state index contributed by atoms with van der Waals surface area (Å²) in [5.74, 6) is 0.0947. The quantitative estimate of drug-likeness (QED) is 0.815. The Bertz CT molecular complexity index is 452. The first-order valence-electron chi connectivity index (χ1n) is 7.08. The van der Waals surface area contributed by atoms with Gasteiger partial charge in [-0.2, -0.15) is 0 Å². The van der Waals surface area contributed by atoms with Crippen molar-refractivity contribution in [2.24, 2.45) is 0 Å². The molecule has 1 atom stereocenters. The van der Waals surface area contributed by atoms with Crippen LogP contribution in [0.15, 0.2) is 29.2 Å². The number of para-hydroxylation sites is 1. The van der Waals surface area contributed by atoms with Gasteiger partial charge in [-0.15, -0.1) is 11.8 Å². The molecule has 1 heterocycles. The van der Waals surface area contributed by atoms with E-state index in [0.717, 1.165) is 36.8 Å². The van der Waals surface area contributed by atoms with Crippen LogP contribution in [0, 0.1) is 0 Å². The molecule has 0 unspecified atom stereocenters. The van der Waals surface area contributed by atoms with E-state index < -0.39 is 0 Å². The molecule has 0 bridgehead atoms. The van der Waals surface area contributed by atoms with Crippen molar-refractivity contribution in [2.45, 2.75) is 24.3 Å². The maximum Gasteiger partial charge on any atom is 0.225 e. The van der Waals surface area contributed by atoms with Gasteiger partial charge in [0.1, 0.15) is 0 Å². The summed E-state index contributed by atoms with van der Waals surface area (Å²) < 4.78 is 0. The van der Waals surface area contributed by atoms with Crippen LogP contribution in [0.1, 0.15) is 13.3 Å². The van der Waals surface area contributed by atoms with E-state index in [2.05, 4.69) is 22.5 Å². The van der Waals surface area contributed by atoms with Crippen molar-refractivity contribution in [3.05, 3.63) is 24.3 Å². The number of nitrogens with one attached hydrogen (secondary N) is 2. The third-order valence-corrected chi connectivity index (χ3v) is 4.44. The summed E-state index contributed by atoms with van der Waals surface area (Å²) >= 11 is 1.65. The minimum atomic E-state index is 0.0947. The Labute approximate surface area is 125 Å². The lowest BCUT2D eigenvalue weighted by Gasteiger charge is -2.33. The molecule has 110 valence electrons. The van der Waals surface area contributed by atoms with E-state index in [1.165, 1.54) is 0 Å². The zero-order valence-electron chi connectivity index (χ0n) is 12.2. The van der Waals surface area contributed by atoms with Crippen molar-refractivity contribution in [1.82, 2.24) is 10.2 Å². The molecule has 1 saturated heterocycles. The molecule has 1 amide bonds. The second-order valence-corrected chi connectivity index (χ2v) is 5.94. The van der Waals surface area contributed by atoms with E-state index in [0.29, 0.717) is 12.5 Å². The molecule has 0 aromatic heterocycles. The first kappa shape index (κ1) is 15.4. The molecule has 0 saturated carbocycles. The number of anilines is 1. The average Bonchev–Trinajstić information content (AvgIpc) is 2.47. The fourth-order valence-electron chi connectivity index (χ4n) is 2.42. The third-order valence-electron chi connectivity index (χ3n) is 3.65. The molecule has 0 radical (unpaired) electrons. The van der Waals surface area contributed by atoms with Gasteiger partial charge in [0.25, 0.3) is 0 Å². The molecule has 1 aromatic carbocycles. The van der Waals surface area contributed by atoms with Gasteiger partial charge < -0.3 is 10.6 Å². The number of carbonyl (C=O) groups is 1. The summed E-state index contributed by atoms with van der Waals surface area (Å²) in [5, 5.41) is 6.38. The largest absolute Gasteiger partial charge is 0.325 e. The number of rotatable bonds is 5. The van der Waals surface area contributed by atoms with Crippen molar-refractivity contribution in [2.75, 3.05) is 37.8 Å². The van der Waals surface area contributed by atoms with Crippen molar-refractivity contribution in [3.8, 4) is 0 Å². The lowest BCUT2D eigenvalue weighted by molar-refractivity contribution is -0.116. The van der Waals surface area contributed by atoms with Gasteiger partial charge in [0.05, 0.1) is 5.69 Å². The van der Waals surface area contributed by atoms with Crippen LogP contribution in [-0.2, 0) is 4.79 Å². The zero-order chi connectivity index (χ0) is 14.4. The highest BCUT2D eigenvalue weighted by molar-refractivity contribution is 7.98. The predicted octanol–water partition coefficient (Wildman–Crippen LogP) is 2.03. The van der Waals surface area contributed by atoms with Gasteiger partial charge in [-0.3, -0.25) is 9.69 Å². The molecule has 2 N–H and O–H groups in total. The summed E-state index contributed by atoms with van der Waals surface area (Å²) in [7, 11) is 0. The van der Waals surface area contributed by atoms with E-state index >= 15 is 0 Å². The summed E-state index contributed by atoms with van der Waals surface area (Å²) in [6, 6.07) is 8.43. The molecular formula is C15H23N3OS. The van der Waals surface area contributed by atoms with E-state index in [1.54, 1.807) is 11.8 Å². The normalized spacial score (nSPS) is 19.8. The van der Waals surface area contributed by atoms with E-state index in [4.69, 9.17) is 0 Å². The van der Waals surface area contributed by atoms with E-state index in [1.807, 2.05) is 30.5 Å². The van der Waals surface area contributed by atoms with Crippen LogP contribution in [0.25, 0.3) is 0 Å². The molecule has 5 heteroatoms. The van der Waals surface area contributed by atoms with Crippen LogP contribution in [0.4, 0.5) is 5.69 Å². The number of piperazine rings is 1. The Morgan fingerprint density at radius 2 is 2.30 bits per heavy atom. The number of benzene rings is 1. The predicted molar refractivity (Wildman–Crippen MR) is 85.4 cm³/mol. The average molecular weight is 293 g/mol. The van der Waals surface area contributed by atoms with Gasteiger partial charge in [-0.05, 0) is 25.3 Å². The monoisotopic (exact) mass is 293 g/mol. The second-order valence-electron chi connectivity index (χ2n) is 5.09. The van der Waals surface area contributed by atoms with Crippen molar-refractivity contribution in [1.29, 1.82) is 0 Å². The smallest absolute Gasteiger partial charge is 0.225 e. The summed E-state index contributed by atoms with van der Waals surface area (Å²) in [5.41, 5.74) is 0.915. The maximum atomic E-state index is 12.1.